The quantitative estimate of drug-likeness (QED) is 0.610. The number of hydrogen-bond donors (Lipinski definition) is 1. The van der Waals surface area contributed by atoms with Gasteiger partial charge in [-0.1, -0.05) is 43.7 Å². The molecule has 1 fully saturated rings. The van der Waals surface area contributed by atoms with E-state index in [1.165, 1.54) is 13.0 Å². The maximum Gasteiger partial charge on any atom is 0.325 e. The molecule has 0 aliphatic carbocycles. The smallest absolute Gasteiger partial charge is 0.319 e. The Balaban J connectivity index is 1.79. The Kier molecular flexibility index (Phi) is 5.27. The van der Waals surface area contributed by atoms with E-state index in [0.29, 0.717) is 5.56 Å². The zero-order chi connectivity index (χ0) is 20.5. The Labute approximate surface area is 161 Å². The molecule has 3 amide bonds. The van der Waals surface area contributed by atoms with Crippen LogP contribution < -0.4 is 5.32 Å². The van der Waals surface area contributed by atoms with Crippen LogP contribution >= 0.6 is 0 Å². The van der Waals surface area contributed by atoms with E-state index < -0.39 is 35.7 Å². The first-order chi connectivity index (χ1) is 13.3. The SMILES string of the molecule is CCCc1ccc(C(=O)CN2C(=O)NC(C)(c3ccc(F)c(F)c3)C2=O)cc1. The number of urea groups is 1. The van der Waals surface area contributed by atoms with Crippen LogP contribution in [-0.2, 0) is 16.8 Å². The molecule has 1 unspecified atom stereocenters. The number of ketones is 1. The van der Waals surface area contributed by atoms with Gasteiger partial charge < -0.3 is 5.32 Å². The van der Waals surface area contributed by atoms with Crippen LogP contribution in [0.2, 0.25) is 0 Å². The van der Waals surface area contributed by atoms with Crippen molar-refractivity contribution in [1.29, 1.82) is 0 Å². The maximum absolute atomic E-state index is 13.6. The van der Waals surface area contributed by atoms with Crippen LogP contribution in [0.4, 0.5) is 13.6 Å². The van der Waals surface area contributed by atoms with Gasteiger partial charge in [-0.2, -0.15) is 0 Å². The van der Waals surface area contributed by atoms with Gasteiger partial charge in [-0.3, -0.25) is 14.5 Å². The molecule has 28 heavy (non-hydrogen) atoms. The van der Waals surface area contributed by atoms with Crippen LogP contribution in [0.3, 0.4) is 0 Å². The first-order valence-corrected chi connectivity index (χ1v) is 8.98. The second-order valence-corrected chi connectivity index (χ2v) is 6.95. The summed E-state index contributed by atoms with van der Waals surface area (Å²) in [5, 5.41) is 2.47. The van der Waals surface area contributed by atoms with Crippen molar-refractivity contribution in [1.82, 2.24) is 10.2 Å². The van der Waals surface area contributed by atoms with E-state index in [1.807, 2.05) is 12.1 Å². The number of imide groups is 1. The lowest BCUT2D eigenvalue weighted by atomic mass is 9.92. The third kappa shape index (κ3) is 3.52. The number of rotatable bonds is 6. The number of halogens is 2. The van der Waals surface area contributed by atoms with E-state index in [4.69, 9.17) is 0 Å². The van der Waals surface area contributed by atoms with E-state index in [2.05, 4.69) is 12.2 Å². The minimum Gasteiger partial charge on any atom is -0.319 e. The number of aryl methyl sites for hydroxylation is 1. The van der Waals surface area contributed by atoms with Gasteiger partial charge in [0.15, 0.2) is 17.4 Å². The highest BCUT2D eigenvalue weighted by molar-refractivity contribution is 6.11. The number of benzene rings is 2. The lowest BCUT2D eigenvalue weighted by Gasteiger charge is -2.22. The van der Waals surface area contributed by atoms with E-state index in [9.17, 15) is 23.2 Å². The fourth-order valence-corrected chi connectivity index (χ4v) is 3.22. The molecule has 2 aromatic carbocycles. The zero-order valence-electron chi connectivity index (χ0n) is 15.6. The molecule has 1 atom stereocenters. The number of carbonyl (C=O) groups excluding carboxylic acids is 3. The number of Topliss-reactive ketones (excluding diaryl/α,β-unsaturated/α-hetero) is 1. The van der Waals surface area contributed by atoms with Crippen LogP contribution in [0.25, 0.3) is 0 Å². The number of carbonyl (C=O) groups is 3. The van der Waals surface area contributed by atoms with Crippen molar-refractivity contribution in [3.63, 3.8) is 0 Å². The van der Waals surface area contributed by atoms with Gasteiger partial charge in [0, 0.05) is 5.56 Å². The molecule has 0 radical (unpaired) electrons. The summed E-state index contributed by atoms with van der Waals surface area (Å²) in [5.41, 5.74) is 0.0159. The Morgan fingerprint density at radius 1 is 1.07 bits per heavy atom. The van der Waals surface area contributed by atoms with Crippen molar-refractivity contribution < 1.29 is 23.2 Å². The van der Waals surface area contributed by atoms with Gasteiger partial charge in [0.1, 0.15) is 5.54 Å². The van der Waals surface area contributed by atoms with Crippen LogP contribution in [0.1, 0.15) is 41.8 Å². The summed E-state index contributed by atoms with van der Waals surface area (Å²) in [4.78, 5) is 38.4. The number of hydrogen-bond acceptors (Lipinski definition) is 3. The molecule has 2 aromatic rings. The minimum absolute atomic E-state index is 0.101. The maximum atomic E-state index is 13.6. The summed E-state index contributed by atoms with van der Waals surface area (Å²) in [5.74, 6) is -3.26. The van der Waals surface area contributed by atoms with E-state index in [0.717, 1.165) is 35.4 Å². The summed E-state index contributed by atoms with van der Waals surface area (Å²) >= 11 is 0. The van der Waals surface area contributed by atoms with Crippen LogP contribution in [0.15, 0.2) is 42.5 Å². The normalized spacial score (nSPS) is 19.1. The highest BCUT2D eigenvalue weighted by Crippen LogP contribution is 2.30. The van der Waals surface area contributed by atoms with Crippen molar-refractivity contribution in [2.45, 2.75) is 32.2 Å². The molecule has 1 heterocycles. The van der Waals surface area contributed by atoms with Gasteiger partial charge in [-0.25, -0.2) is 13.6 Å². The summed E-state index contributed by atoms with van der Waals surface area (Å²) in [6.45, 7) is 3.02. The van der Waals surface area contributed by atoms with Gasteiger partial charge >= 0.3 is 6.03 Å². The highest BCUT2D eigenvalue weighted by Gasteiger charge is 2.49. The fraction of sp³-hybridized carbons (Fsp3) is 0.286. The second-order valence-electron chi connectivity index (χ2n) is 6.95. The lowest BCUT2D eigenvalue weighted by Crippen LogP contribution is -2.41. The van der Waals surface area contributed by atoms with Gasteiger partial charge in [-0.05, 0) is 36.6 Å². The average Bonchev–Trinajstić information content (AvgIpc) is 2.89. The molecule has 1 aliphatic heterocycles. The van der Waals surface area contributed by atoms with Crippen LogP contribution in [0.5, 0.6) is 0 Å². The highest BCUT2D eigenvalue weighted by atomic mass is 19.2. The monoisotopic (exact) mass is 386 g/mol. The third-order valence-electron chi connectivity index (χ3n) is 4.89. The molecule has 0 saturated carbocycles. The van der Waals surface area contributed by atoms with Gasteiger partial charge in [0.05, 0.1) is 6.54 Å². The summed E-state index contributed by atoms with van der Waals surface area (Å²) in [7, 11) is 0. The largest absolute Gasteiger partial charge is 0.325 e. The summed E-state index contributed by atoms with van der Waals surface area (Å²) in [6.07, 6.45) is 1.88. The molecule has 0 bridgehead atoms. The van der Waals surface area contributed by atoms with E-state index in [1.54, 1.807) is 12.1 Å². The standard InChI is InChI=1S/C21H20F2N2O3/c1-3-4-13-5-7-14(8-6-13)18(26)12-25-19(27)21(2,24-20(25)28)15-9-10-16(22)17(23)11-15/h5-11H,3-4,12H2,1-2H3,(H,24,28). The Hall–Kier alpha value is -3.09. The number of nitrogens with zero attached hydrogens (tertiary/aromatic N) is 1. The first-order valence-electron chi connectivity index (χ1n) is 8.98. The summed E-state index contributed by atoms with van der Waals surface area (Å²) in [6, 6.07) is 9.25. The third-order valence-corrected chi connectivity index (χ3v) is 4.89. The Morgan fingerprint density at radius 2 is 1.75 bits per heavy atom. The molecule has 146 valence electrons. The van der Waals surface area contributed by atoms with E-state index >= 15 is 0 Å². The average molecular weight is 386 g/mol. The minimum atomic E-state index is -1.57. The molecule has 1 saturated heterocycles. The first kappa shape index (κ1) is 19.7. The molecule has 0 aromatic heterocycles. The number of amides is 3. The molecule has 3 rings (SSSR count). The Morgan fingerprint density at radius 3 is 2.36 bits per heavy atom. The predicted octanol–water partition coefficient (Wildman–Crippen LogP) is 3.57. The van der Waals surface area contributed by atoms with Crippen molar-refractivity contribution >= 4 is 17.7 Å². The molecule has 0 spiro atoms. The Bertz CT molecular complexity index is 943. The number of nitrogens with one attached hydrogen (secondary N) is 1. The van der Waals surface area contributed by atoms with Crippen molar-refractivity contribution in [2.24, 2.45) is 0 Å². The fourth-order valence-electron chi connectivity index (χ4n) is 3.22. The zero-order valence-corrected chi connectivity index (χ0v) is 15.6. The molecule has 7 heteroatoms. The van der Waals surface area contributed by atoms with Gasteiger partial charge in [0.2, 0.25) is 0 Å². The van der Waals surface area contributed by atoms with Crippen LogP contribution in [-0.4, -0.2) is 29.2 Å². The lowest BCUT2D eigenvalue weighted by molar-refractivity contribution is -0.130. The van der Waals surface area contributed by atoms with Crippen LogP contribution in [0, 0.1) is 11.6 Å². The van der Waals surface area contributed by atoms with Crippen molar-refractivity contribution in [3.05, 3.63) is 70.8 Å². The van der Waals surface area contributed by atoms with Crippen molar-refractivity contribution in [2.75, 3.05) is 6.54 Å². The topological polar surface area (TPSA) is 66.5 Å². The molecular formula is C21H20F2N2O3. The van der Waals surface area contributed by atoms with Gasteiger partial charge in [0.25, 0.3) is 5.91 Å². The van der Waals surface area contributed by atoms with E-state index in [-0.39, 0.29) is 11.3 Å². The predicted molar refractivity (Wildman–Crippen MR) is 98.7 cm³/mol. The molecule has 1 aliphatic rings. The molecule has 5 nitrogen and oxygen atoms in total. The molecular weight excluding hydrogens is 366 g/mol. The van der Waals surface area contributed by atoms with Crippen molar-refractivity contribution in [3.8, 4) is 0 Å². The molecule has 1 N–H and O–H groups in total. The summed E-state index contributed by atoms with van der Waals surface area (Å²) < 4.78 is 26.8. The van der Waals surface area contributed by atoms with Gasteiger partial charge in [-0.15, -0.1) is 0 Å². The second kappa shape index (κ2) is 7.50.